The molecule has 0 saturated heterocycles. The minimum Gasteiger partial charge on any atom is -0.508 e. The van der Waals surface area contributed by atoms with Crippen LogP contribution in [-0.4, -0.2) is 52.6 Å². The van der Waals surface area contributed by atoms with Gasteiger partial charge in [0.05, 0.1) is 12.0 Å². The summed E-state index contributed by atoms with van der Waals surface area (Å²) < 4.78 is 10.6. The second-order valence-electron chi connectivity index (χ2n) is 12.9. The molecule has 0 bridgehead atoms. The van der Waals surface area contributed by atoms with Crippen molar-refractivity contribution in [2.24, 2.45) is 10.7 Å². The fourth-order valence-corrected chi connectivity index (χ4v) is 6.18. The molecule has 0 aromatic heterocycles. The highest BCUT2D eigenvalue weighted by molar-refractivity contribution is 5.98. The maximum Gasteiger partial charge on any atom is 0.437 e. The van der Waals surface area contributed by atoms with Crippen molar-refractivity contribution in [3.63, 3.8) is 0 Å². The van der Waals surface area contributed by atoms with Crippen LogP contribution in [0.1, 0.15) is 59.5 Å². The number of hydrogen-bond acceptors (Lipinski definition) is 7. The van der Waals surface area contributed by atoms with Gasteiger partial charge < -0.3 is 30.5 Å². The smallest absolute Gasteiger partial charge is 0.437 e. The Morgan fingerprint density at radius 2 is 1.20 bits per heavy atom. The number of ether oxygens (including phenoxy) is 2. The third-order valence-corrected chi connectivity index (χ3v) is 9.01. The van der Waals surface area contributed by atoms with E-state index in [0.717, 1.165) is 22.3 Å². The lowest BCUT2D eigenvalue weighted by atomic mass is 9.88. The molecule has 0 radical (unpaired) electrons. The predicted octanol–water partition coefficient (Wildman–Crippen LogP) is 6.96. The first-order valence-corrected chi connectivity index (χ1v) is 18.2. The number of phenols is 1. The molecule has 2 atom stereocenters. The molecule has 4 amide bonds. The third kappa shape index (κ3) is 11.8. The van der Waals surface area contributed by atoms with Gasteiger partial charge in [0.25, 0.3) is 0 Å². The molecule has 56 heavy (non-hydrogen) atoms. The highest BCUT2D eigenvalue weighted by Crippen LogP contribution is 2.34. The molecule has 5 aromatic carbocycles. The van der Waals surface area contributed by atoms with Crippen molar-refractivity contribution in [3.05, 3.63) is 173 Å². The standard InChI is InChI=1S/C44H45N5O7/c1-31(34-24-26-37(50)27-25-34)49(41(52)39(35-19-10-4-11-20-35)36-21-12-5-13-22-36)38(40(45)51)23-14-28-46-42(47-43(53)55-29-32-15-6-2-7-16-32)48-44(54)56-30-33-17-8-3-9-18-33/h2-13,15-22,24-27,31,38-39,50H,14,23,28-30H2,1H3,(H2,45,51)(H2,46,47,48,53,54)/t31-,38+/m0/s1. The van der Waals surface area contributed by atoms with Crippen molar-refractivity contribution < 1.29 is 33.8 Å². The number of phenolic OH excluding ortho intramolecular Hbond substituents is 1. The van der Waals surface area contributed by atoms with Crippen LogP contribution < -0.4 is 16.4 Å². The Balaban J connectivity index is 1.35. The molecule has 12 nitrogen and oxygen atoms in total. The molecule has 5 rings (SSSR count). The van der Waals surface area contributed by atoms with Crippen molar-refractivity contribution in [2.75, 3.05) is 6.54 Å². The summed E-state index contributed by atoms with van der Waals surface area (Å²) in [4.78, 5) is 59.2. The largest absolute Gasteiger partial charge is 0.508 e. The summed E-state index contributed by atoms with van der Waals surface area (Å²) in [5.74, 6) is -1.99. The van der Waals surface area contributed by atoms with Crippen LogP contribution in [0.15, 0.2) is 151 Å². The Hall–Kier alpha value is -6.95. The number of aliphatic imine (C=N–C) groups is 1. The van der Waals surface area contributed by atoms with Crippen LogP contribution in [0.3, 0.4) is 0 Å². The number of alkyl carbamates (subject to hydrolysis) is 1. The minimum absolute atomic E-state index is 0.0191. The quantitative estimate of drug-likeness (QED) is 0.0505. The second kappa shape index (κ2) is 20.5. The number of primary amides is 1. The van der Waals surface area contributed by atoms with Crippen molar-refractivity contribution in [3.8, 4) is 5.75 Å². The van der Waals surface area contributed by atoms with Gasteiger partial charge in [-0.25, -0.2) is 9.59 Å². The maximum absolute atomic E-state index is 14.9. The first-order chi connectivity index (χ1) is 27.2. The number of nitrogens with zero attached hydrogens (tertiary/aromatic N) is 2. The van der Waals surface area contributed by atoms with Gasteiger partial charge in [0.2, 0.25) is 17.8 Å². The normalized spacial score (nSPS) is 12.2. The van der Waals surface area contributed by atoms with Crippen LogP contribution in [0.5, 0.6) is 5.75 Å². The monoisotopic (exact) mass is 755 g/mol. The Bertz CT molecular complexity index is 2010. The first kappa shape index (κ1) is 40.2. The van der Waals surface area contributed by atoms with Crippen molar-refractivity contribution in [1.29, 1.82) is 0 Å². The number of nitrogens with two attached hydrogens (primary N) is 1. The molecule has 0 saturated carbocycles. The van der Waals surface area contributed by atoms with Crippen LogP contribution >= 0.6 is 0 Å². The van der Waals surface area contributed by atoms with E-state index in [2.05, 4.69) is 15.6 Å². The molecule has 0 spiro atoms. The van der Waals surface area contributed by atoms with Crippen LogP contribution in [-0.2, 0) is 32.3 Å². The molecule has 0 aliphatic carbocycles. The molecule has 0 aliphatic rings. The third-order valence-electron chi connectivity index (χ3n) is 9.01. The molecule has 0 fully saturated rings. The van der Waals surface area contributed by atoms with E-state index in [1.807, 2.05) is 104 Å². The number of hydrogen-bond donors (Lipinski definition) is 4. The molecule has 0 unspecified atom stereocenters. The van der Waals surface area contributed by atoms with E-state index in [-0.39, 0.29) is 50.2 Å². The van der Waals surface area contributed by atoms with E-state index >= 15 is 0 Å². The molecular formula is C44H45N5O7. The molecular weight excluding hydrogens is 711 g/mol. The average molecular weight is 756 g/mol. The van der Waals surface area contributed by atoms with Gasteiger partial charge in [0, 0.05) is 6.54 Å². The fourth-order valence-electron chi connectivity index (χ4n) is 6.18. The van der Waals surface area contributed by atoms with Crippen molar-refractivity contribution >= 4 is 30.0 Å². The van der Waals surface area contributed by atoms with E-state index in [1.54, 1.807) is 36.4 Å². The number of amides is 4. The van der Waals surface area contributed by atoms with Crippen LogP contribution in [0.4, 0.5) is 9.59 Å². The first-order valence-electron chi connectivity index (χ1n) is 18.2. The zero-order valence-corrected chi connectivity index (χ0v) is 31.0. The van der Waals surface area contributed by atoms with Gasteiger partial charge in [0.1, 0.15) is 25.0 Å². The SMILES string of the molecule is C[C@@H](c1ccc(O)cc1)N(C(=O)C(c1ccccc1)c1ccccc1)[C@H](CCCNC(=NC(=O)OCc1ccccc1)NC(=O)OCc1ccccc1)C(N)=O. The summed E-state index contributed by atoms with van der Waals surface area (Å²) in [5.41, 5.74) is 9.75. The number of carbonyl (C=O) groups excluding carboxylic acids is 4. The average Bonchev–Trinajstić information content (AvgIpc) is 3.22. The van der Waals surface area contributed by atoms with E-state index in [4.69, 9.17) is 15.2 Å². The van der Waals surface area contributed by atoms with Gasteiger partial charge in [-0.05, 0) is 59.7 Å². The molecule has 12 heteroatoms. The highest BCUT2D eigenvalue weighted by Gasteiger charge is 2.37. The lowest BCUT2D eigenvalue weighted by Gasteiger charge is -2.38. The lowest BCUT2D eigenvalue weighted by Crippen LogP contribution is -2.51. The Labute approximate surface area is 326 Å². The summed E-state index contributed by atoms with van der Waals surface area (Å²) >= 11 is 0. The van der Waals surface area contributed by atoms with Crippen LogP contribution in [0.25, 0.3) is 0 Å². The number of rotatable bonds is 15. The number of guanidine groups is 1. The maximum atomic E-state index is 14.9. The van der Waals surface area contributed by atoms with E-state index in [1.165, 1.54) is 17.0 Å². The number of nitrogens with one attached hydrogen (secondary N) is 2. The van der Waals surface area contributed by atoms with Gasteiger partial charge in [-0.3, -0.25) is 14.9 Å². The number of carbonyl (C=O) groups is 4. The highest BCUT2D eigenvalue weighted by atomic mass is 16.6. The topological polar surface area (TPSA) is 173 Å². The lowest BCUT2D eigenvalue weighted by molar-refractivity contribution is -0.142. The Morgan fingerprint density at radius 1 is 0.696 bits per heavy atom. The van der Waals surface area contributed by atoms with E-state index < -0.39 is 36.1 Å². The summed E-state index contributed by atoms with van der Waals surface area (Å²) in [5, 5.41) is 15.4. The summed E-state index contributed by atoms with van der Waals surface area (Å²) in [7, 11) is 0. The van der Waals surface area contributed by atoms with Gasteiger partial charge in [0.15, 0.2) is 0 Å². The van der Waals surface area contributed by atoms with Gasteiger partial charge >= 0.3 is 12.2 Å². The Kier molecular flexibility index (Phi) is 14.7. The fraction of sp³-hybridized carbons (Fsp3) is 0.205. The van der Waals surface area contributed by atoms with E-state index in [0.29, 0.717) is 5.56 Å². The molecule has 5 aromatic rings. The molecule has 288 valence electrons. The Morgan fingerprint density at radius 3 is 1.71 bits per heavy atom. The van der Waals surface area contributed by atoms with Crippen molar-refractivity contribution in [2.45, 2.75) is 51.0 Å². The summed E-state index contributed by atoms with van der Waals surface area (Å²) in [6.45, 7) is 1.85. The molecule has 5 N–H and O–H groups in total. The summed E-state index contributed by atoms with van der Waals surface area (Å²) in [6.07, 6.45) is -1.46. The molecule has 0 aliphatic heterocycles. The van der Waals surface area contributed by atoms with Gasteiger partial charge in [-0.15, -0.1) is 4.99 Å². The van der Waals surface area contributed by atoms with Crippen LogP contribution in [0, 0.1) is 0 Å². The zero-order valence-electron chi connectivity index (χ0n) is 31.0. The second-order valence-corrected chi connectivity index (χ2v) is 12.9. The minimum atomic E-state index is -1.08. The van der Waals surface area contributed by atoms with E-state index in [9.17, 15) is 24.3 Å². The zero-order chi connectivity index (χ0) is 39.7. The summed E-state index contributed by atoms with van der Waals surface area (Å²) in [6, 6.07) is 41.5. The van der Waals surface area contributed by atoms with Gasteiger partial charge in [-0.1, -0.05) is 133 Å². The number of benzene rings is 5. The molecule has 0 heterocycles. The van der Waals surface area contributed by atoms with Crippen molar-refractivity contribution in [1.82, 2.24) is 15.5 Å². The predicted molar refractivity (Wildman–Crippen MR) is 212 cm³/mol. The van der Waals surface area contributed by atoms with Gasteiger partial charge in [-0.2, -0.15) is 0 Å². The number of aromatic hydroxyl groups is 1. The van der Waals surface area contributed by atoms with Crippen LogP contribution in [0.2, 0.25) is 0 Å².